The maximum atomic E-state index is 9.73. The molecule has 0 radical (unpaired) electrons. The number of aromatic nitrogens is 2. The van der Waals surface area contributed by atoms with Crippen molar-refractivity contribution >= 4 is 0 Å². The van der Waals surface area contributed by atoms with Crippen molar-refractivity contribution in [1.29, 1.82) is 0 Å². The van der Waals surface area contributed by atoms with E-state index < -0.39 is 0 Å². The molecule has 1 atom stereocenters. The van der Waals surface area contributed by atoms with Crippen LogP contribution in [0.25, 0.3) is 0 Å². The maximum absolute atomic E-state index is 9.73. The van der Waals surface area contributed by atoms with Crippen LogP contribution >= 0.6 is 0 Å². The van der Waals surface area contributed by atoms with Gasteiger partial charge in [0.25, 0.3) is 0 Å². The first-order valence-corrected chi connectivity index (χ1v) is 7.38. The van der Waals surface area contributed by atoms with E-state index in [2.05, 4.69) is 37.6 Å². The van der Waals surface area contributed by atoms with E-state index >= 15 is 0 Å². The number of aliphatic hydroxyl groups excluding tert-OH is 1. The van der Waals surface area contributed by atoms with E-state index in [1.807, 2.05) is 0 Å². The molecule has 0 bridgehead atoms. The SMILES string of the molecule is Cc1nc2c(n1CC(C)(CO)NC(C)C)CCCC2. The van der Waals surface area contributed by atoms with Gasteiger partial charge in [-0.15, -0.1) is 0 Å². The zero-order valence-corrected chi connectivity index (χ0v) is 12.7. The van der Waals surface area contributed by atoms with Gasteiger partial charge in [-0.2, -0.15) is 0 Å². The Hall–Kier alpha value is -0.870. The van der Waals surface area contributed by atoms with Crippen molar-refractivity contribution in [2.24, 2.45) is 0 Å². The second-order valence-corrected chi connectivity index (χ2v) is 6.36. The molecule has 0 fully saturated rings. The summed E-state index contributed by atoms with van der Waals surface area (Å²) < 4.78 is 2.31. The summed E-state index contributed by atoms with van der Waals surface area (Å²) in [4.78, 5) is 4.70. The lowest BCUT2D eigenvalue weighted by Crippen LogP contribution is -2.52. The molecule has 0 saturated carbocycles. The first-order chi connectivity index (χ1) is 8.95. The van der Waals surface area contributed by atoms with Crippen molar-refractivity contribution in [2.75, 3.05) is 6.61 Å². The number of imidazole rings is 1. The fourth-order valence-electron chi connectivity index (χ4n) is 3.13. The third-order valence-electron chi connectivity index (χ3n) is 3.92. The van der Waals surface area contributed by atoms with Crippen molar-refractivity contribution < 1.29 is 5.11 Å². The van der Waals surface area contributed by atoms with Crippen LogP contribution < -0.4 is 5.32 Å². The summed E-state index contributed by atoms with van der Waals surface area (Å²) >= 11 is 0. The largest absolute Gasteiger partial charge is 0.394 e. The van der Waals surface area contributed by atoms with Crippen molar-refractivity contribution in [3.8, 4) is 0 Å². The molecular weight excluding hydrogens is 238 g/mol. The van der Waals surface area contributed by atoms with Crippen LogP contribution in [0.1, 0.15) is 50.8 Å². The molecule has 108 valence electrons. The molecule has 1 aliphatic rings. The van der Waals surface area contributed by atoms with Crippen molar-refractivity contribution in [2.45, 2.75) is 71.5 Å². The fourth-order valence-corrected chi connectivity index (χ4v) is 3.13. The van der Waals surface area contributed by atoms with E-state index in [1.165, 1.54) is 24.2 Å². The number of aliphatic hydroxyl groups is 1. The monoisotopic (exact) mass is 265 g/mol. The van der Waals surface area contributed by atoms with Crippen LogP contribution in [0.3, 0.4) is 0 Å². The highest BCUT2D eigenvalue weighted by Crippen LogP contribution is 2.24. The predicted molar refractivity (Wildman–Crippen MR) is 77.4 cm³/mol. The Morgan fingerprint density at radius 1 is 1.37 bits per heavy atom. The predicted octanol–water partition coefficient (Wildman–Crippen LogP) is 1.82. The number of hydrogen-bond donors (Lipinski definition) is 2. The molecule has 0 spiro atoms. The molecule has 0 aromatic carbocycles. The Balaban J connectivity index is 2.24. The van der Waals surface area contributed by atoms with E-state index in [0.29, 0.717) is 6.04 Å². The first-order valence-electron chi connectivity index (χ1n) is 7.38. The first kappa shape index (κ1) is 14.5. The minimum atomic E-state index is -0.287. The normalized spacial score (nSPS) is 18.4. The number of aryl methyl sites for hydroxylation is 2. The Morgan fingerprint density at radius 2 is 2.05 bits per heavy atom. The second kappa shape index (κ2) is 5.63. The minimum Gasteiger partial charge on any atom is -0.394 e. The van der Waals surface area contributed by atoms with Gasteiger partial charge in [0.1, 0.15) is 5.82 Å². The van der Waals surface area contributed by atoms with Gasteiger partial charge in [0.15, 0.2) is 0 Å². The molecule has 4 heteroatoms. The molecule has 4 nitrogen and oxygen atoms in total. The second-order valence-electron chi connectivity index (χ2n) is 6.36. The zero-order chi connectivity index (χ0) is 14.0. The third-order valence-corrected chi connectivity index (χ3v) is 3.92. The van der Waals surface area contributed by atoms with Crippen LogP contribution in [0.15, 0.2) is 0 Å². The van der Waals surface area contributed by atoms with Crippen LogP contribution in [0.5, 0.6) is 0 Å². The van der Waals surface area contributed by atoms with Crippen LogP contribution in [-0.4, -0.2) is 32.8 Å². The summed E-state index contributed by atoms with van der Waals surface area (Å²) in [6, 6.07) is 0.358. The highest BCUT2D eigenvalue weighted by atomic mass is 16.3. The molecule has 2 N–H and O–H groups in total. The van der Waals surface area contributed by atoms with Gasteiger partial charge >= 0.3 is 0 Å². The molecular formula is C15H27N3O. The van der Waals surface area contributed by atoms with Gasteiger partial charge < -0.3 is 15.0 Å². The maximum Gasteiger partial charge on any atom is 0.106 e. The quantitative estimate of drug-likeness (QED) is 0.854. The van der Waals surface area contributed by atoms with Crippen LogP contribution in [0.4, 0.5) is 0 Å². The van der Waals surface area contributed by atoms with Crippen LogP contribution in [-0.2, 0) is 19.4 Å². The number of nitrogens with zero attached hydrogens (tertiary/aromatic N) is 2. The summed E-state index contributed by atoms with van der Waals surface area (Å²) in [6.45, 7) is 9.31. The third kappa shape index (κ3) is 3.18. The van der Waals surface area contributed by atoms with Crippen LogP contribution in [0.2, 0.25) is 0 Å². The minimum absolute atomic E-state index is 0.136. The van der Waals surface area contributed by atoms with Crippen LogP contribution in [0, 0.1) is 6.92 Å². The Bertz CT molecular complexity index is 439. The molecule has 1 aromatic rings. The van der Waals surface area contributed by atoms with E-state index in [9.17, 15) is 5.11 Å². The lowest BCUT2D eigenvalue weighted by Gasteiger charge is -2.33. The number of hydrogen-bond acceptors (Lipinski definition) is 3. The Kier molecular flexibility index (Phi) is 4.31. The molecule has 0 saturated heterocycles. The molecule has 0 aliphatic heterocycles. The van der Waals surface area contributed by atoms with E-state index in [4.69, 9.17) is 4.98 Å². The number of rotatable bonds is 5. The number of fused-ring (bicyclic) bond motifs is 1. The topological polar surface area (TPSA) is 50.1 Å². The van der Waals surface area contributed by atoms with E-state index in [0.717, 1.165) is 25.2 Å². The van der Waals surface area contributed by atoms with Gasteiger partial charge in [-0.1, -0.05) is 13.8 Å². The molecule has 19 heavy (non-hydrogen) atoms. The van der Waals surface area contributed by atoms with Crippen molar-refractivity contribution in [3.05, 3.63) is 17.2 Å². The molecule has 0 amide bonds. The molecule has 1 aliphatic carbocycles. The summed E-state index contributed by atoms with van der Waals surface area (Å²) in [5.74, 6) is 1.08. The van der Waals surface area contributed by atoms with Gasteiger partial charge in [0.05, 0.1) is 17.8 Å². The lowest BCUT2D eigenvalue weighted by atomic mass is 9.99. The highest BCUT2D eigenvalue weighted by molar-refractivity contribution is 5.20. The van der Waals surface area contributed by atoms with Crippen molar-refractivity contribution in [3.63, 3.8) is 0 Å². The van der Waals surface area contributed by atoms with Gasteiger partial charge in [-0.05, 0) is 39.5 Å². The smallest absolute Gasteiger partial charge is 0.106 e. The highest BCUT2D eigenvalue weighted by Gasteiger charge is 2.28. The van der Waals surface area contributed by atoms with Crippen molar-refractivity contribution in [1.82, 2.24) is 14.9 Å². The number of nitrogens with one attached hydrogen (secondary N) is 1. The average Bonchev–Trinajstić information content (AvgIpc) is 2.65. The van der Waals surface area contributed by atoms with Gasteiger partial charge in [-0.3, -0.25) is 0 Å². The summed E-state index contributed by atoms with van der Waals surface area (Å²) in [5.41, 5.74) is 2.37. The van der Waals surface area contributed by atoms with Gasteiger partial charge in [0, 0.05) is 18.3 Å². The van der Waals surface area contributed by atoms with E-state index in [1.54, 1.807) is 0 Å². The average molecular weight is 265 g/mol. The fraction of sp³-hybridized carbons (Fsp3) is 0.800. The lowest BCUT2D eigenvalue weighted by molar-refractivity contribution is 0.147. The molecule has 1 heterocycles. The van der Waals surface area contributed by atoms with Gasteiger partial charge in [-0.25, -0.2) is 4.98 Å². The Morgan fingerprint density at radius 3 is 2.68 bits per heavy atom. The zero-order valence-electron chi connectivity index (χ0n) is 12.7. The Labute approximate surface area is 116 Å². The molecule has 2 rings (SSSR count). The summed E-state index contributed by atoms with van der Waals surface area (Å²) in [5, 5.41) is 13.2. The van der Waals surface area contributed by atoms with E-state index in [-0.39, 0.29) is 12.1 Å². The summed E-state index contributed by atoms with van der Waals surface area (Å²) in [6.07, 6.45) is 4.74. The standard InChI is InChI=1S/C15H27N3O/c1-11(2)17-15(4,10-19)9-18-12(3)16-13-7-5-6-8-14(13)18/h11,17,19H,5-10H2,1-4H3. The van der Waals surface area contributed by atoms with Gasteiger partial charge in [0.2, 0.25) is 0 Å². The molecule has 1 aromatic heterocycles. The molecule has 1 unspecified atom stereocenters. The summed E-state index contributed by atoms with van der Waals surface area (Å²) in [7, 11) is 0.